The summed E-state index contributed by atoms with van der Waals surface area (Å²) in [5.41, 5.74) is 3.72. The molecule has 2 heterocycles. The first-order valence-corrected chi connectivity index (χ1v) is 11.5. The van der Waals surface area contributed by atoms with Crippen LogP contribution in [0.5, 0.6) is 5.75 Å². The standard InChI is InChI=1S/C27H24FN5O2/c28-23-4-2-1-3-21(23)18-32-12-14-33(15-13-32)27(34)20-7-10-24-25(17-20)31-26(30-24)19-5-8-22(9-6-19)35-16-11-29/h1-10,17H,12-16,18H2,(H,30,31). The van der Waals surface area contributed by atoms with Crippen LogP contribution >= 0.6 is 0 Å². The summed E-state index contributed by atoms with van der Waals surface area (Å²) in [5, 5.41) is 8.63. The molecule has 0 spiro atoms. The molecule has 8 heteroatoms. The summed E-state index contributed by atoms with van der Waals surface area (Å²) in [6.45, 7) is 3.14. The fourth-order valence-electron chi connectivity index (χ4n) is 4.26. The molecule has 0 bridgehead atoms. The smallest absolute Gasteiger partial charge is 0.254 e. The molecule has 0 aliphatic carbocycles. The fraction of sp³-hybridized carbons (Fsp3) is 0.222. The van der Waals surface area contributed by atoms with Crippen molar-refractivity contribution < 1.29 is 13.9 Å². The molecule has 0 atom stereocenters. The van der Waals surface area contributed by atoms with Crippen LogP contribution in [0.3, 0.4) is 0 Å². The molecular formula is C27H24FN5O2. The van der Waals surface area contributed by atoms with Crippen LogP contribution in [-0.2, 0) is 6.54 Å². The van der Waals surface area contributed by atoms with Crippen molar-refractivity contribution in [2.24, 2.45) is 0 Å². The number of nitrogens with one attached hydrogen (secondary N) is 1. The van der Waals surface area contributed by atoms with E-state index < -0.39 is 0 Å². The molecule has 3 aromatic carbocycles. The van der Waals surface area contributed by atoms with Crippen molar-refractivity contribution in [3.8, 4) is 23.2 Å². The van der Waals surface area contributed by atoms with E-state index in [0.29, 0.717) is 55.4 Å². The Bertz CT molecular complexity index is 1380. The highest BCUT2D eigenvalue weighted by Gasteiger charge is 2.23. The van der Waals surface area contributed by atoms with Gasteiger partial charge in [-0.2, -0.15) is 5.26 Å². The van der Waals surface area contributed by atoms with Gasteiger partial charge < -0.3 is 14.6 Å². The summed E-state index contributed by atoms with van der Waals surface area (Å²) in [6.07, 6.45) is 0. The summed E-state index contributed by atoms with van der Waals surface area (Å²) in [7, 11) is 0. The number of fused-ring (bicyclic) bond motifs is 1. The van der Waals surface area contributed by atoms with Gasteiger partial charge in [0.05, 0.1) is 11.0 Å². The number of aromatic amines is 1. The molecule has 1 amide bonds. The SMILES string of the molecule is N#CCOc1ccc(-c2nc3ccc(C(=O)N4CCN(Cc5ccccc5F)CC4)cc3[nH]2)cc1. The lowest BCUT2D eigenvalue weighted by molar-refractivity contribution is 0.0627. The van der Waals surface area contributed by atoms with Gasteiger partial charge in [0.2, 0.25) is 0 Å². The molecule has 1 N–H and O–H groups in total. The van der Waals surface area contributed by atoms with Gasteiger partial charge in [0.25, 0.3) is 5.91 Å². The van der Waals surface area contributed by atoms with Crippen LogP contribution in [0.25, 0.3) is 22.4 Å². The van der Waals surface area contributed by atoms with Crippen LogP contribution in [-0.4, -0.2) is 58.5 Å². The number of hydrogen-bond acceptors (Lipinski definition) is 5. The summed E-state index contributed by atoms with van der Waals surface area (Å²) in [4.78, 5) is 25.1. The molecule has 0 radical (unpaired) electrons. The molecule has 1 aliphatic heterocycles. The number of ether oxygens (including phenoxy) is 1. The molecule has 7 nitrogen and oxygen atoms in total. The van der Waals surface area contributed by atoms with E-state index in [1.165, 1.54) is 6.07 Å². The number of piperazine rings is 1. The van der Waals surface area contributed by atoms with Crippen LogP contribution in [0.2, 0.25) is 0 Å². The average Bonchev–Trinajstić information content (AvgIpc) is 3.33. The zero-order chi connectivity index (χ0) is 24.2. The van der Waals surface area contributed by atoms with E-state index in [0.717, 1.165) is 16.6 Å². The number of carbonyl (C=O) groups excluding carboxylic acids is 1. The summed E-state index contributed by atoms with van der Waals surface area (Å²) in [5.74, 6) is 1.10. The van der Waals surface area contributed by atoms with E-state index >= 15 is 0 Å². The second-order valence-electron chi connectivity index (χ2n) is 8.45. The molecule has 35 heavy (non-hydrogen) atoms. The first-order chi connectivity index (χ1) is 17.1. The van der Waals surface area contributed by atoms with Crippen LogP contribution in [0.4, 0.5) is 4.39 Å². The van der Waals surface area contributed by atoms with Gasteiger partial charge in [0.1, 0.15) is 23.5 Å². The zero-order valence-corrected chi connectivity index (χ0v) is 19.1. The third kappa shape index (κ3) is 5.00. The minimum absolute atomic E-state index is 0.00140. The lowest BCUT2D eigenvalue weighted by Crippen LogP contribution is -2.48. The van der Waals surface area contributed by atoms with Gasteiger partial charge in [-0.05, 0) is 48.5 Å². The number of imidazole rings is 1. The quantitative estimate of drug-likeness (QED) is 0.457. The second-order valence-corrected chi connectivity index (χ2v) is 8.45. The van der Waals surface area contributed by atoms with Gasteiger partial charge in [0.15, 0.2) is 6.61 Å². The van der Waals surface area contributed by atoms with Crippen molar-refractivity contribution >= 4 is 16.9 Å². The molecule has 1 aromatic heterocycles. The lowest BCUT2D eigenvalue weighted by Gasteiger charge is -2.34. The first kappa shape index (κ1) is 22.6. The number of amides is 1. The Hall–Kier alpha value is -4.22. The molecule has 1 fully saturated rings. The topological polar surface area (TPSA) is 85.2 Å². The van der Waals surface area contributed by atoms with Gasteiger partial charge >= 0.3 is 0 Å². The van der Waals surface area contributed by atoms with Crippen LogP contribution < -0.4 is 4.74 Å². The molecule has 1 aliphatic rings. The maximum absolute atomic E-state index is 14.0. The molecule has 5 rings (SSSR count). The van der Waals surface area contributed by atoms with Crippen molar-refractivity contribution in [3.05, 3.63) is 83.7 Å². The number of halogens is 1. The first-order valence-electron chi connectivity index (χ1n) is 11.5. The maximum Gasteiger partial charge on any atom is 0.254 e. The maximum atomic E-state index is 14.0. The highest BCUT2D eigenvalue weighted by atomic mass is 19.1. The second kappa shape index (κ2) is 9.95. The molecule has 1 saturated heterocycles. The van der Waals surface area contributed by atoms with Crippen molar-refractivity contribution in [3.63, 3.8) is 0 Å². The van der Waals surface area contributed by atoms with E-state index in [-0.39, 0.29) is 18.3 Å². The van der Waals surface area contributed by atoms with Gasteiger partial charge in [0, 0.05) is 49.4 Å². The summed E-state index contributed by atoms with van der Waals surface area (Å²) >= 11 is 0. The van der Waals surface area contributed by atoms with Crippen molar-refractivity contribution in [1.29, 1.82) is 5.26 Å². The summed E-state index contributed by atoms with van der Waals surface area (Å²) in [6, 6.07) is 21.6. The number of hydrogen-bond donors (Lipinski definition) is 1. The minimum atomic E-state index is -0.193. The average molecular weight is 470 g/mol. The predicted octanol–water partition coefficient (Wildman–Crippen LogP) is 4.23. The third-order valence-electron chi connectivity index (χ3n) is 6.17. The Morgan fingerprint density at radius 2 is 1.83 bits per heavy atom. The van der Waals surface area contributed by atoms with E-state index in [9.17, 15) is 9.18 Å². The number of nitrogens with zero attached hydrogens (tertiary/aromatic N) is 4. The third-order valence-corrected chi connectivity index (χ3v) is 6.17. The molecule has 4 aromatic rings. The molecule has 0 saturated carbocycles. The summed E-state index contributed by atoms with van der Waals surface area (Å²) < 4.78 is 19.2. The number of H-pyrrole nitrogens is 1. The Kier molecular flexibility index (Phi) is 6.42. The highest BCUT2D eigenvalue weighted by Crippen LogP contribution is 2.24. The Labute approximate surface area is 202 Å². The fourth-order valence-corrected chi connectivity index (χ4v) is 4.26. The van der Waals surface area contributed by atoms with Gasteiger partial charge in [-0.25, -0.2) is 9.37 Å². The van der Waals surface area contributed by atoms with Crippen LogP contribution in [0, 0.1) is 17.1 Å². The Balaban J connectivity index is 1.24. The van der Waals surface area contributed by atoms with Crippen LogP contribution in [0.1, 0.15) is 15.9 Å². The van der Waals surface area contributed by atoms with Crippen molar-refractivity contribution in [2.75, 3.05) is 32.8 Å². The van der Waals surface area contributed by atoms with E-state index in [2.05, 4.69) is 14.9 Å². The minimum Gasteiger partial charge on any atom is -0.479 e. The van der Waals surface area contributed by atoms with E-state index in [4.69, 9.17) is 10.00 Å². The number of carbonyl (C=O) groups is 1. The van der Waals surface area contributed by atoms with E-state index in [1.807, 2.05) is 41.3 Å². The highest BCUT2D eigenvalue weighted by molar-refractivity contribution is 5.97. The predicted molar refractivity (Wildman–Crippen MR) is 130 cm³/mol. The lowest BCUT2D eigenvalue weighted by atomic mass is 10.1. The Morgan fingerprint density at radius 1 is 1.06 bits per heavy atom. The number of benzene rings is 3. The van der Waals surface area contributed by atoms with Gasteiger partial charge in [-0.1, -0.05) is 18.2 Å². The van der Waals surface area contributed by atoms with Crippen LogP contribution in [0.15, 0.2) is 66.7 Å². The largest absolute Gasteiger partial charge is 0.479 e. The molecule has 176 valence electrons. The zero-order valence-electron chi connectivity index (χ0n) is 19.1. The van der Waals surface area contributed by atoms with Crippen molar-refractivity contribution in [1.82, 2.24) is 19.8 Å². The molecule has 0 unspecified atom stereocenters. The normalized spacial score (nSPS) is 14.1. The van der Waals surface area contributed by atoms with Gasteiger partial charge in [-0.3, -0.25) is 9.69 Å². The molecular weight excluding hydrogens is 445 g/mol. The van der Waals surface area contributed by atoms with Gasteiger partial charge in [-0.15, -0.1) is 0 Å². The van der Waals surface area contributed by atoms with E-state index in [1.54, 1.807) is 30.3 Å². The number of nitriles is 1. The number of aromatic nitrogens is 2. The monoisotopic (exact) mass is 469 g/mol. The van der Waals surface area contributed by atoms with Crippen molar-refractivity contribution in [2.45, 2.75) is 6.54 Å². The Morgan fingerprint density at radius 3 is 2.57 bits per heavy atom. The number of rotatable bonds is 6.